The van der Waals surface area contributed by atoms with Gasteiger partial charge in [-0.15, -0.1) is 0 Å². The standard InChI is InChI=1S/C18H26N2O2/c1-18(2,3)22-17(21)20-15(9-14-10-16(14)20)12-19-11-13-7-5-4-6-8-13/h4-8,14-16,19H,9-12H2,1-3H3/t14-,15-,16+/m1/s1. The Morgan fingerprint density at radius 2 is 2.00 bits per heavy atom. The second kappa shape index (κ2) is 5.92. The van der Waals surface area contributed by atoms with Crippen LogP contribution in [0.25, 0.3) is 0 Å². The van der Waals surface area contributed by atoms with E-state index in [0.717, 1.165) is 25.9 Å². The number of hydrogen-bond acceptors (Lipinski definition) is 3. The molecule has 1 N–H and O–H groups in total. The van der Waals surface area contributed by atoms with Crippen molar-refractivity contribution in [2.24, 2.45) is 5.92 Å². The van der Waals surface area contributed by atoms with Crippen molar-refractivity contribution in [1.82, 2.24) is 10.2 Å². The molecule has 22 heavy (non-hydrogen) atoms. The molecule has 0 radical (unpaired) electrons. The van der Waals surface area contributed by atoms with E-state index in [1.165, 1.54) is 5.56 Å². The molecule has 3 atom stereocenters. The molecule has 0 unspecified atom stereocenters. The molecule has 1 aromatic rings. The zero-order valence-electron chi connectivity index (χ0n) is 13.7. The largest absolute Gasteiger partial charge is 0.444 e. The Hall–Kier alpha value is -1.55. The summed E-state index contributed by atoms with van der Waals surface area (Å²) in [6.45, 7) is 7.45. The summed E-state index contributed by atoms with van der Waals surface area (Å²) in [5.74, 6) is 0.691. The van der Waals surface area contributed by atoms with Crippen LogP contribution in [0.4, 0.5) is 4.79 Å². The predicted molar refractivity (Wildman–Crippen MR) is 86.5 cm³/mol. The first-order valence-electron chi connectivity index (χ1n) is 8.20. The number of amides is 1. The first kappa shape index (κ1) is 15.3. The predicted octanol–water partition coefficient (Wildman–Crippen LogP) is 3.17. The van der Waals surface area contributed by atoms with E-state index in [9.17, 15) is 4.79 Å². The average molecular weight is 302 g/mol. The number of nitrogens with zero attached hydrogens (tertiary/aromatic N) is 1. The van der Waals surface area contributed by atoms with Gasteiger partial charge in [-0.05, 0) is 45.1 Å². The molecule has 2 aliphatic rings. The molecular formula is C18H26N2O2. The molecule has 1 saturated heterocycles. The fraction of sp³-hybridized carbons (Fsp3) is 0.611. The molecule has 1 aliphatic heterocycles. The van der Waals surface area contributed by atoms with Crippen molar-refractivity contribution in [2.75, 3.05) is 6.54 Å². The van der Waals surface area contributed by atoms with E-state index in [1.54, 1.807) is 0 Å². The van der Waals surface area contributed by atoms with E-state index >= 15 is 0 Å². The number of carbonyl (C=O) groups is 1. The highest BCUT2D eigenvalue weighted by Crippen LogP contribution is 2.48. The Morgan fingerprint density at radius 3 is 2.68 bits per heavy atom. The number of piperidine rings is 1. The monoisotopic (exact) mass is 302 g/mol. The van der Waals surface area contributed by atoms with Gasteiger partial charge in [0.1, 0.15) is 5.60 Å². The smallest absolute Gasteiger partial charge is 0.410 e. The van der Waals surface area contributed by atoms with Gasteiger partial charge in [0, 0.05) is 25.2 Å². The van der Waals surface area contributed by atoms with Crippen LogP contribution < -0.4 is 5.32 Å². The number of ether oxygens (including phenoxy) is 1. The van der Waals surface area contributed by atoms with E-state index in [0.29, 0.717) is 12.0 Å². The highest BCUT2D eigenvalue weighted by molar-refractivity contribution is 5.70. The Bertz CT molecular complexity index is 524. The molecule has 4 nitrogen and oxygen atoms in total. The van der Waals surface area contributed by atoms with Gasteiger partial charge in [0.15, 0.2) is 0 Å². The summed E-state index contributed by atoms with van der Waals surface area (Å²) in [5, 5.41) is 3.48. The topological polar surface area (TPSA) is 41.6 Å². The van der Waals surface area contributed by atoms with Crippen LogP contribution in [0.3, 0.4) is 0 Å². The van der Waals surface area contributed by atoms with Crippen LogP contribution in [0.15, 0.2) is 30.3 Å². The van der Waals surface area contributed by atoms with E-state index in [4.69, 9.17) is 4.74 Å². The third-order valence-electron chi connectivity index (χ3n) is 4.37. The Kier molecular flexibility index (Phi) is 4.13. The van der Waals surface area contributed by atoms with Crippen LogP contribution in [-0.4, -0.2) is 35.2 Å². The van der Waals surface area contributed by atoms with Gasteiger partial charge in [0.25, 0.3) is 0 Å². The van der Waals surface area contributed by atoms with E-state index in [1.807, 2.05) is 31.7 Å². The van der Waals surface area contributed by atoms with Crippen molar-refractivity contribution in [3.8, 4) is 0 Å². The fourth-order valence-electron chi connectivity index (χ4n) is 3.32. The summed E-state index contributed by atoms with van der Waals surface area (Å²) in [6, 6.07) is 11.0. The molecule has 1 aliphatic carbocycles. The minimum Gasteiger partial charge on any atom is -0.444 e. The van der Waals surface area contributed by atoms with Crippen LogP contribution in [0.1, 0.15) is 39.2 Å². The zero-order chi connectivity index (χ0) is 15.7. The quantitative estimate of drug-likeness (QED) is 0.929. The molecule has 1 aromatic carbocycles. The minimum atomic E-state index is -0.425. The van der Waals surface area contributed by atoms with Gasteiger partial charge in [-0.2, -0.15) is 0 Å². The maximum atomic E-state index is 12.4. The maximum Gasteiger partial charge on any atom is 0.410 e. The summed E-state index contributed by atoms with van der Waals surface area (Å²) >= 11 is 0. The van der Waals surface area contributed by atoms with Crippen molar-refractivity contribution in [1.29, 1.82) is 0 Å². The minimum absolute atomic E-state index is 0.149. The molecule has 1 amide bonds. The molecule has 0 spiro atoms. The van der Waals surface area contributed by atoms with Crippen molar-refractivity contribution in [3.63, 3.8) is 0 Å². The molecule has 2 fully saturated rings. The highest BCUT2D eigenvalue weighted by Gasteiger charge is 2.54. The molecule has 0 aromatic heterocycles. The van der Waals surface area contributed by atoms with Gasteiger partial charge in [0.05, 0.1) is 0 Å². The van der Waals surface area contributed by atoms with E-state index < -0.39 is 5.60 Å². The Morgan fingerprint density at radius 1 is 1.27 bits per heavy atom. The molecule has 3 rings (SSSR count). The number of benzene rings is 1. The summed E-state index contributed by atoms with van der Waals surface area (Å²) in [7, 11) is 0. The number of carbonyl (C=O) groups excluding carboxylic acids is 1. The SMILES string of the molecule is CC(C)(C)OC(=O)N1[C@@H](CNCc2ccccc2)C[C@@H]2C[C@@H]21. The van der Waals surface area contributed by atoms with Crippen molar-refractivity contribution in [3.05, 3.63) is 35.9 Å². The summed E-state index contributed by atoms with van der Waals surface area (Å²) in [4.78, 5) is 14.4. The molecular weight excluding hydrogens is 276 g/mol. The number of hydrogen-bond donors (Lipinski definition) is 1. The third kappa shape index (κ3) is 3.61. The normalized spacial score (nSPS) is 26.7. The second-order valence-corrected chi connectivity index (χ2v) is 7.46. The Labute approximate surface area is 132 Å². The molecule has 0 bridgehead atoms. The second-order valence-electron chi connectivity index (χ2n) is 7.46. The lowest BCUT2D eigenvalue weighted by molar-refractivity contribution is 0.0184. The van der Waals surface area contributed by atoms with Gasteiger partial charge in [-0.1, -0.05) is 30.3 Å². The lowest BCUT2D eigenvalue weighted by atomic mass is 10.1. The molecule has 4 heteroatoms. The summed E-state index contributed by atoms with van der Waals surface area (Å²) in [5.41, 5.74) is 0.848. The molecule has 1 saturated carbocycles. The van der Waals surface area contributed by atoms with Gasteiger partial charge in [0.2, 0.25) is 0 Å². The van der Waals surface area contributed by atoms with Crippen LogP contribution in [0.2, 0.25) is 0 Å². The lowest BCUT2D eigenvalue weighted by Crippen LogP contribution is -2.46. The third-order valence-corrected chi connectivity index (χ3v) is 4.37. The van der Waals surface area contributed by atoms with Crippen LogP contribution >= 0.6 is 0 Å². The first-order chi connectivity index (χ1) is 10.4. The first-order valence-corrected chi connectivity index (χ1v) is 8.20. The number of nitrogens with one attached hydrogen (secondary N) is 1. The lowest BCUT2D eigenvalue weighted by Gasteiger charge is -2.30. The number of likely N-dealkylation sites (tertiary alicyclic amines) is 1. The van der Waals surface area contributed by atoms with Gasteiger partial charge in [-0.3, -0.25) is 0 Å². The van der Waals surface area contributed by atoms with E-state index in [2.05, 4.69) is 29.6 Å². The maximum absolute atomic E-state index is 12.4. The van der Waals surface area contributed by atoms with Crippen LogP contribution in [-0.2, 0) is 11.3 Å². The zero-order valence-corrected chi connectivity index (χ0v) is 13.7. The Balaban J connectivity index is 1.53. The van der Waals surface area contributed by atoms with Gasteiger partial charge < -0.3 is 15.0 Å². The van der Waals surface area contributed by atoms with Crippen LogP contribution in [0, 0.1) is 5.92 Å². The van der Waals surface area contributed by atoms with Crippen molar-refractivity contribution < 1.29 is 9.53 Å². The van der Waals surface area contributed by atoms with Gasteiger partial charge in [-0.25, -0.2) is 4.79 Å². The summed E-state index contributed by atoms with van der Waals surface area (Å²) < 4.78 is 5.57. The van der Waals surface area contributed by atoms with Crippen molar-refractivity contribution in [2.45, 2.75) is 57.8 Å². The van der Waals surface area contributed by atoms with Crippen LogP contribution in [0.5, 0.6) is 0 Å². The molecule has 120 valence electrons. The van der Waals surface area contributed by atoms with Crippen molar-refractivity contribution >= 4 is 6.09 Å². The van der Waals surface area contributed by atoms with E-state index in [-0.39, 0.29) is 12.1 Å². The fourth-order valence-corrected chi connectivity index (χ4v) is 3.32. The number of fused-ring (bicyclic) bond motifs is 1. The average Bonchev–Trinajstić information content (AvgIpc) is 3.09. The highest BCUT2D eigenvalue weighted by atomic mass is 16.6. The van der Waals surface area contributed by atoms with Gasteiger partial charge >= 0.3 is 6.09 Å². The molecule has 1 heterocycles. The summed E-state index contributed by atoms with van der Waals surface area (Å²) in [6.07, 6.45) is 2.10. The number of rotatable bonds is 4.